The highest BCUT2D eigenvalue weighted by molar-refractivity contribution is 9.10. The summed E-state index contributed by atoms with van der Waals surface area (Å²) >= 11 is 4.78. The minimum Gasteiger partial charge on any atom is -0.497 e. The molecule has 3 aromatic rings. The topological polar surface area (TPSA) is 88.4 Å². The van der Waals surface area contributed by atoms with Crippen molar-refractivity contribution < 1.29 is 23.7 Å². The van der Waals surface area contributed by atoms with E-state index in [1.807, 2.05) is 25.1 Å². The molecule has 4 rings (SSSR count). The van der Waals surface area contributed by atoms with Crippen LogP contribution in [0.3, 0.4) is 0 Å². The van der Waals surface area contributed by atoms with Gasteiger partial charge in [0.15, 0.2) is 4.80 Å². The molecule has 0 aliphatic carbocycles. The summed E-state index contributed by atoms with van der Waals surface area (Å²) in [5.74, 6) is 1.26. The highest BCUT2D eigenvalue weighted by Crippen LogP contribution is 2.37. The van der Waals surface area contributed by atoms with Gasteiger partial charge in [-0.05, 0) is 78.7 Å². The number of hydrogen-bond donors (Lipinski definition) is 0. The summed E-state index contributed by atoms with van der Waals surface area (Å²) in [5.41, 5.74) is 1.88. The molecule has 0 radical (unpaired) electrons. The van der Waals surface area contributed by atoms with Crippen molar-refractivity contribution in [2.75, 3.05) is 27.4 Å². The number of hydrogen-bond acceptors (Lipinski definition) is 8. The van der Waals surface area contributed by atoms with E-state index in [1.165, 1.54) is 15.9 Å². The molecule has 0 amide bonds. The molecule has 8 nitrogen and oxygen atoms in total. The van der Waals surface area contributed by atoms with Crippen LogP contribution in [0.25, 0.3) is 6.08 Å². The highest BCUT2D eigenvalue weighted by atomic mass is 79.9. The Morgan fingerprint density at radius 3 is 2.51 bits per heavy atom. The molecule has 0 bridgehead atoms. The Kier molecular flexibility index (Phi) is 8.19. The number of ether oxygens (including phenoxy) is 4. The van der Waals surface area contributed by atoms with Crippen LogP contribution in [0.15, 0.2) is 61.9 Å². The normalized spacial score (nSPS) is 15.2. The maximum atomic E-state index is 13.8. The SMILES string of the molecule is CCOC(=O)C1=C(C)N=c2s/c(=C\c3ccc(OCC)c(Br)c3)c(=O)n2[C@H]1c1cc(OC)ccc1OC. The molecule has 2 heterocycles. The third-order valence-electron chi connectivity index (χ3n) is 5.80. The minimum absolute atomic E-state index is 0.189. The van der Waals surface area contributed by atoms with Gasteiger partial charge in [0, 0.05) is 5.56 Å². The lowest BCUT2D eigenvalue weighted by atomic mass is 9.94. The van der Waals surface area contributed by atoms with Crippen molar-refractivity contribution >= 4 is 39.3 Å². The van der Waals surface area contributed by atoms with Crippen LogP contribution in [0.1, 0.15) is 37.9 Å². The minimum atomic E-state index is -0.811. The molecule has 10 heteroatoms. The van der Waals surface area contributed by atoms with E-state index in [1.54, 1.807) is 52.3 Å². The predicted molar refractivity (Wildman–Crippen MR) is 145 cm³/mol. The number of fused-ring (bicyclic) bond motifs is 1. The van der Waals surface area contributed by atoms with Crippen LogP contribution >= 0.6 is 27.3 Å². The highest BCUT2D eigenvalue weighted by Gasteiger charge is 2.35. The van der Waals surface area contributed by atoms with E-state index in [4.69, 9.17) is 18.9 Å². The number of benzene rings is 2. The van der Waals surface area contributed by atoms with Crippen molar-refractivity contribution in [3.05, 3.63) is 83.0 Å². The van der Waals surface area contributed by atoms with E-state index in [0.29, 0.717) is 38.7 Å². The fourth-order valence-electron chi connectivity index (χ4n) is 4.17. The van der Waals surface area contributed by atoms with E-state index in [9.17, 15) is 9.59 Å². The second kappa shape index (κ2) is 11.4. The van der Waals surface area contributed by atoms with Gasteiger partial charge in [0.2, 0.25) is 0 Å². The Bertz CT molecular complexity index is 1560. The fourth-order valence-corrected chi connectivity index (χ4v) is 5.73. The lowest BCUT2D eigenvalue weighted by Crippen LogP contribution is -2.40. The zero-order chi connectivity index (χ0) is 26.7. The smallest absolute Gasteiger partial charge is 0.338 e. The Labute approximate surface area is 226 Å². The Hall–Kier alpha value is -3.37. The number of carbonyl (C=O) groups excluding carboxylic acids is 1. The van der Waals surface area contributed by atoms with Gasteiger partial charge in [0.1, 0.15) is 23.3 Å². The van der Waals surface area contributed by atoms with Gasteiger partial charge in [-0.2, -0.15) is 0 Å². The first-order valence-electron chi connectivity index (χ1n) is 11.7. The molecule has 37 heavy (non-hydrogen) atoms. The van der Waals surface area contributed by atoms with Crippen LogP contribution in [-0.2, 0) is 9.53 Å². The van der Waals surface area contributed by atoms with E-state index in [2.05, 4.69) is 20.9 Å². The summed E-state index contributed by atoms with van der Waals surface area (Å²) in [5, 5.41) is 0. The third-order valence-corrected chi connectivity index (χ3v) is 7.40. The first-order valence-corrected chi connectivity index (χ1v) is 13.3. The molecule has 0 saturated heterocycles. The number of methoxy groups -OCH3 is 2. The van der Waals surface area contributed by atoms with Crippen molar-refractivity contribution in [1.82, 2.24) is 4.57 Å². The number of halogens is 1. The first-order chi connectivity index (χ1) is 17.8. The summed E-state index contributed by atoms with van der Waals surface area (Å²) in [6, 6.07) is 10.1. The standard InChI is InChI=1S/C27H27BrN2O6S/c1-6-35-21-10-8-16(12-19(21)28)13-22-25(31)30-24(18-14-17(33-4)9-11-20(18)34-5)23(26(32)36-7-2)15(3)29-27(30)37-22/h8-14,24H,6-7H2,1-5H3/b22-13-/t24-/m0/s1. The van der Waals surface area contributed by atoms with Gasteiger partial charge in [-0.25, -0.2) is 9.79 Å². The van der Waals surface area contributed by atoms with E-state index in [0.717, 1.165) is 15.8 Å². The van der Waals surface area contributed by atoms with Crippen LogP contribution in [0, 0.1) is 0 Å². The second-order valence-corrected chi connectivity index (χ2v) is 9.90. The number of thiazole rings is 1. The fraction of sp³-hybridized carbons (Fsp3) is 0.296. The summed E-state index contributed by atoms with van der Waals surface area (Å²) in [6.07, 6.45) is 1.80. The maximum absolute atomic E-state index is 13.8. The summed E-state index contributed by atoms with van der Waals surface area (Å²) in [7, 11) is 3.10. The number of aromatic nitrogens is 1. The quantitative estimate of drug-likeness (QED) is 0.371. The van der Waals surface area contributed by atoms with Crippen molar-refractivity contribution in [3.8, 4) is 17.2 Å². The van der Waals surface area contributed by atoms with Crippen molar-refractivity contribution in [2.45, 2.75) is 26.8 Å². The zero-order valence-corrected chi connectivity index (χ0v) is 23.6. The Morgan fingerprint density at radius 2 is 1.86 bits per heavy atom. The number of allylic oxidation sites excluding steroid dienone is 1. The molecule has 0 saturated carbocycles. The molecular weight excluding hydrogens is 560 g/mol. The summed E-state index contributed by atoms with van der Waals surface area (Å²) in [6.45, 7) is 6.13. The largest absolute Gasteiger partial charge is 0.497 e. The van der Waals surface area contributed by atoms with Crippen LogP contribution in [0.5, 0.6) is 17.2 Å². The third kappa shape index (κ3) is 5.21. The molecule has 0 N–H and O–H groups in total. The molecule has 0 unspecified atom stereocenters. The van der Waals surface area contributed by atoms with E-state index in [-0.39, 0.29) is 17.7 Å². The lowest BCUT2D eigenvalue weighted by Gasteiger charge is -2.26. The molecule has 1 aromatic heterocycles. The molecule has 0 spiro atoms. The van der Waals surface area contributed by atoms with Crippen LogP contribution < -0.4 is 29.1 Å². The number of rotatable bonds is 8. The molecule has 2 aromatic carbocycles. The Morgan fingerprint density at radius 1 is 1.11 bits per heavy atom. The zero-order valence-electron chi connectivity index (χ0n) is 21.2. The number of esters is 1. The molecule has 1 atom stereocenters. The van der Waals surface area contributed by atoms with Crippen LogP contribution in [0.2, 0.25) is 0 Å². The average molecular weight is 587 g/mol. The van der Waals surface area contributed by atoms with Crippen LogP contribution in [0.4, 0.5) is 0 Å². The predicted octanol–water partition coefficient (Wildman–Crippen LogP) is 3.98. The second-order valence-electron chi connectivity index (χ2n) is 8.03. The maximum Gasteiger partial charge on any atom is 0.338 e. The van der Waals surface area contributed by atoms with Crippen molar-refractivity contribution in [1.29, 1.82) is 0 Å². The average Bonchev–Trinajstić information content (AvgIpc) is 3.18. The van der Waals surface area contributed by atoms with Crippen molar-refractivity contribution in [2.24, 2.45) is 4.99 Å². The Balaban J connectivity index is 1.96. The van der Waals surface area contributed by atoms with Gasteiger partial charge in [-0.1, -0.05) is 17.4 Å². The molecule has 194 valence electrons. The number of carbonyl (C=O) groups is 1. The lowest BCUT2D eigenvalue weighted by molar-refractivity contribution is -0.139. The molecule has 0 fully saturated rings. The first kappa shape index (κ1) is 26.7. The molecular formula is C27H27BrN2O6S. The molecule has 1 aliphatic heterocycles. The van der Waals surface area contributed by atoms with E-state index >= 15 is 0 Å². The summed E-state index contributed by atoms with van der Waals surface area (Å²) in [4.78, 5) is 32.1. The van der Waals surface area contributed by atoms with Crippen LogP contribution in [-0.4, -0.2) is 38.0 Å². The van der Waals surface area contributed by atoms with Gasteiger partial charge >= 0.3 is 5.97 Å². The number of nitrogens with zero attached hydrogens (tertiary/aromatic N) is 2. The van der Waals surface area contributed by atoms with E-state index < -0.39 is 12.0 Å². The summed E-state index contributed by atoms with van der Waals surface area (Å²) < 4.78 is 24.8. The van der Waals surface area contributed by atoms with Gasteiger partial charge < -0.3 is 18.9 Å². The van der Waals surface area contributed by atoms with Gasteiger partial charge in [0.05, 0.1) is 47.7 Å². The van der Waals surface area contributed by atoms with Gasteiger partial charge in [-0.15, -0.1) is 0 Å². The van der Waals surface area contributed by atoms with Crippen molar-refractivity contribution in [3.63, 3.8) is 0 Å². The van der Waals surface area contributed by atoms with Gasteiger partial charge in [0.25, 0.3) is 5.56 Å². The molecule has 1 aliphatic rings. The monoisotopic (exact) mass is 586 g/mol. The van der Waals surface area contributed by atoms with Gasteiger partial charge in [-0.3, -0.25) is 9.36 Å².